The second kappa shape index (κ2) is 8.64. The highest BCUT2D eigenvalue weighted by atomic mass is 35.5. The number of nitrogens with one attached hydrogen (secondary N) is 2. The number of amides is 2. The van der Waals surface area contributed by atoms with Gasteiger partial charge in [0.25, 0.3) is 0 Å². The van der Waals surface area contributed by atoms with Crippen molar-refractivity contribution >= 4 is 23.1 Å². The summed E-state index contributed by atoms with van der Waals surface area (Å²) in [5.41, 5.74) is 5.10. The summed E-state index contributed by atoms with van der Waals surface area (Å²) < 4.78 is 3.65. The van der Waals surface area contributed by atoms with E-state index in [-0.39, 0.29) is 12.1 Å². The van der Waals surface area contributed by atoms with Gasteiger partial charge in [-0.25, -0.2) is 9.31 Å². The van der Waals surface area contributed by atoms with E-state index >= 15 is 0 Å². The van der Waals surface area contributed by atoms with Crippen LogP contribution < -0.4 is 10.6 Å². The Labute approximate surface area is 190 Å². The fraction of sp³-hybridized carbons (Fsp3) is 0.261. The van der Waals surface area contributed by atoms with E-state index in [2.05, 4.69) is 33.0 Å². The molecule has 4 aromatic rings. The molecule has 8 nitrogen and oxygen atoms in total. The van der Waals surface area contributed by atoms with E-state index in [1.54, 1.807) is 4.68 Å². The van der Waals surface area contributed by atoms with Crippen LogP contribution in [0.5, 0.6) is 0 Å². The molecule has 9 heteroatoms. The Hall–Kier alpha value is -3.36. The fourth-order valence-electron chi connectivity index (χ4n) is 4.11. The zero-order valence-corrected chi connectivity index (χ0v) is 18.5. The lowest BCUT2D eigenvalue weighted by Gasteiger charge is -2.36. The molecule has 0 spiro atoms. The van der Waals surface area contributed by atoms with Crippen LogP contribution in [0, 0.1) is 0 Å². The van der Waals surface area contributed by atoms with Crippen molar-refractivity contribution in [1.82, 2.24) is 34.9 Å². The molecule has 0 bridgehead atoms. The first-order valence-electron chi connectivity index (χ1n) is 10.5. The average molecular weight is 450 g/mol. The molecule has 1 aromatic carbocycles. The minimum absolute atomic E-state index is 0.0854. The summed E-state index contributed by atoms with van der Waals surface area (Å²) in [5, 5.41) is 16.0. The second-order valence-electron chi connectivity index (χ2n) is 7.95. The number of piperazine rings is 1. The lowest BCUT2D eigenvalue weighted by atomic mass is 10.0. The molecule has 32 heavy (non-hydrogen) atoms. The third kappa shape index (κ3) is 4.06. The number of hydrogen-bond donors (Lipinski definition) is 2. The lowest BCUT2D eigenvalue weighted by Crippen LogP contribution is -2.51. The fourth-order valence-corrected chi connectivity index (χ4v) is 4.23. The van der Waals surface area contributed by atoms with E-state index in [0.29, 0.717) is 24.7 Å². The first kappa shape index (κ1) is 20.5. The average Bonchev–Trinajstić information content (AvgIpc) is 3.44. The predicted octanol–water partition coefficient (Wildman–Crippen LogP) is 3.24. The number of benzene rings is 1. The zero-order chi connectivity index (χ0) is 22.1. The van der Waals surface area contributed by atoms with Crippen molar-refractivity contribution < 1.29 is 4.79 Å². The highest BCUT2D eigenvalue weighted by molar-refractivity contribution is 6.30. The molecule has 2 amide bonds. The van der Waals surface area contributed by atoms with E-state index < -0.39 is 0 Å². The summed E-state index contributed by atoms with van der Waals surface area (Å²) in [6.07, 6.45) is 7.67. The maximum Gasteiger partial charge on any atom is 0.318 e. The van der Waals surface area contributed by atoms with Crippen LogP contribution in [-0.2, 0) is 13.6 Å². The number of fused-ring (bicyclic) bond motifs is 1. The van der Waals surface area contributed by atoms with Crippen LogP contribution in [0.2, 0.25) is 5.02 Å². The molecule has 1 unspecified atom stereocenters. The third-order valence-electron chi connectivity index (χ3n) is 5.80. The van der Waals surface area contributed by atoms with Crippen LogP contribution in [0.15, 0.2) is 61.2 Å². The first-order chi connectivity index (χ1) is 15.6. The maximum absolute atomic E-state index is 13.0. The van der Waals surface area contributed by atoms with Gasteiger partial charge in [0.05, 0.1) is 24.0 Å². The standard InChI is InChI=1S/C23H24ClN7O/c1-29-14-18(11-27-29)17-4-7-21-20(12-28-31(21)15-17)22-13-25-8-9-30(22)23(32)26-10-16-2-5-19(24)6-3-16/h2-7,11-12,14-15,22,25H,8-10,13H2,1H3,(H,26,32). The van der Waals surface area contributed by atoms with Crippen molar-refractivity contribution in [2.24, 2.45) is 7.05 Å². The molecule has 3 aromatic heterocycles. The first-order valence-corrected chi connectivity index (χ1v) is 10.9. The van der Waals surface area contributed by atoms with Crippen LogP contribution in [-0.4, -0.2) is 50.0 Å². The highest BCUT2D eigenvalue weighted by Crippen LogP contribution is 2.28. The number of carbonyl (C=O) groups is 1. The summed E-state index contributed by atoms with van der Waals surface area (Å²) in [5.74, 6) is 0. The van der Waals surface area contributed by atoms with Gasteiger partial charge in [0, 0.05) is 67.3 Å². The minimum atomic E-state index is -0.101. The van der Waals surface area contributed by atoms with E-state index in [0.717, 1.165) is 34.3 Å². The lowest BCUT2D eigenvalue weighted by molar-refractivity contribution is 0.159. The Kier molecular flexibility index (Phi) is 5.55. The number of hydrogen-bond acceptors (Lipinski definition) is 4. The van der Waals surface area contributed by atoms with Crippen molar-refractivity contribution in [2.75, 3.05) is 19.6 Å². The monoisotopic (exact) mass is 449 g/mol. The number of rotatable bonds is 4. The van der Waals surface area contributed by atoms with Gasteiger partial charge in [-0.1, -0.05) is 29.8 Å². The van der Waals surface area contributed by atoms with Gasteiger partial charge in [0.2, 0.25) is 0 Å². The Morgan fingerprint density at radius 3 is 2.75 bits per heavy atom. The van der Waals surface area contributed by atoms with Crippen molar-refractivity contribution in [3.05, 3.63) is 77.3 Å². The highest BCUT2D eigenvalue weighted by Gasteiger charge is 2.30. The van der Waals surface area contributed by atoms with Gasteiger partial charge < -0.3 is 15.5 Å². The molecule has 0 aliphatic carbocycles. The number of carbonyl (C=O) groups excluding carboxylic acids is 1. The molecule has 1 aliphatic heterocycles. The molecule has 0 radical (unpaired) electrons. The smallest absolute Gasteiger partial charge is 0.318 e. The largest absolute Gasteiger partial charge is 0.334 e. The summed E-state index contributed by atoms with van der Waals surface area (Å²) in [4.78, 5) is 14.9. The molecule has 0 saturated carbocycles. The van der Waals surface area contributed by atoms with E-state index in [4.69, 9.17) is 11.6 Å². The maximum atomic E-state index is 13.0. The number of aromatic nitrogens is 4. The van der Waals surface area contributed by atoms with Gasteiger partial charge in [-0.05, 0) is 23.8 Å². The molecule has 5 rings (SSSR count). The Morgan fingerprint density at radius 2 is 1.97 bits per heavy atom. The molecule has 4 heterocycles. The SMILES string of the molecule is Cn1cc(-c2ccc3c(C4CNCCN4C(=O)NCc4ccc(Cl)cc4)cnn3c2)cn1. The number of urea groups is 1. The van der Waals surface area contributed by atoms with Crippen LogP contribution in [0.4, 0.5) is 4.79 Å². The summed E-state index contributed by atoms with van der Waals surface area (Å²) in [6, 6.07) is 11.4. The molecule has 1 fully saturated rings. The van der Waals surface area contributed by atoms with Crippen LogP contribution >= 0.6 is 11.6 Å². The van der Waals surface area contributed by atoms with Gasteiger partial charge >= 0.3 is 6.03 Å². The van der Waals surface area contributed by atoms with Crippen molar-refractivity contribution in [1.29, 1.82) is 0 Å². The Morgan fingerprint density at radius 1 is 1.12 bits per heavy atom. The molecule has 1 saturated heterocycles. The second-order valence-corrected chi connectivity index (χ2v) is 8.39. The summed E-state index contributed by atoms with van der Waals surface area (Å²) >= 11 is 5.95. The topological polar surface area (TPSA) is 79.5 Å². The van der Waals surface area contributed by atoms with Gasteiger partial charge in [0.1, 0.15) is 0 Å². The van der Waals surface area contributed by atoms with Gasteiger partial charge in [0.15, 0.2) is 0 Å². The third-order valence-corrected chi connectivity index (χ3v) is 6.06. The van der Waals surface area contributed by atoms with Crippen molar-refractivity contribution in [2.45, 2.75) is 12.6 Å². The van der Waals surface area contributed by atoms with Crippen LogP contribution in [0.1, 0.15) is 17.2 Å². The van der Waals surface area contributed by atoms with Crippen LogP contribution in [0.25, 0.3) is 16.6 Å². The minimum Gasteiger partial charge on any atom is -0.334 e. The Balaban J connectivity index is 1.37. The number of halogens is 1. The van der Waals surface area contributed by atoms with E-state index in [9.17, 15) is 4.79 Å². The Bertz CT molecular complexity index is 1250. The van der Waals surface area contributed by atoms with Crippen LogP contribution in [0.3, 0.4) is 0 Å². The molecule has 2 N–H and O–H groups in total. The van der Waals surface area contributed by atoms with E-state index in [1.165, 1.54) is 0 Å². The molecular formula is C23H24ClN7O. The van der Waals surface area contributed by atoms with Gasteiger partial charge in [-0.3, -0.25) is 4.68 Å². The molecular weight excluding hydrogens is 426 g/mol. The van der Waals surface area contributed by atoms with Crippen molar-refractivity contribution in [3.63, 3.8) is 0 Å². The molecule has 164 valence electrons. The molecule has 1 atom stereocenters. The van der Waals surface area contributed by atoms with Crippen molar-refractivity contribution in [3.8, 4) is 11.1 Å². The van der Waals surface area contributed by atoms with E-state index in [1.807, 2.05) is 65.5 Å². The predicted molar refractivity (Wildman–Crippen MR) is 123 cm³/mol. The summed E-state index contributed by atoms with van der Waals surface area (Å²) in [6.45, 7) is 2.52. The number of nitrogens with zero attached hydrogens (tertiary/aromatic N) is 5. The number of aryl methyl sites for hydroxylation is 1. The number of pyridine rings is 1. The zero-order valence-electron chi connectivity index (χ0n) is 17.7. The normalized spacial score (nSPS) is 16.4. The summed E-state index contributed by atoms with van der Waals surface area (Å²) in [7, 11) is 1.90. The quantitative estimate of drug-likeness (QED) is 0.501. The molecule has 1 aliphatic rings. The van der Waals surface area contributed by atoms with Gasteiger partial charge in [-0.2, -0.15) is 10.2 Å². The van der Waals surface area contributed by atoms with Gasteiger partial charge in [-0.15, -0.1) is 0 Å².